The Morgan fingerprint density at radius 1 is 1.23 bits per heavy atom. The first-order chi connectivity index (χ1) is 14.5. The van der Waals surface area contributed by atoms with Crippen molar-refractivity contribution in [2.45, 2.75) is 51.1 Å². The maximum atomic E-state index is 12.8. The summed E-state index contributed by atoms with van der Waals surface area (Å²) in [6.07, 6.45) is 3.97. The summed E-state index contributed by atoms with van der Waals surface area (Å²) in [5.41, 5.74) is 5.04. The van der Waals surface area contributed by atoms with Gasteiger partial charge in [-0.2, -0.15) is 4.98 Å². The molecule has 0 fully saturated rings. The van der Waals surface area contributed by atoms with Gasteiger partial charge in [-0.1, -0.05) is 35.5 Å². The van der Waals surface area contributed by atoms with Crippen LogP contribution in [0.25, 0.3) is 0 Å². The molecule has 4 rings (SSSR count). The Morgan fingerprint density at radius 3 is 2.83 bits per heavy atom. The summed E-state index contributed by atoms with van der Waals surface area (Å²) >= 11 is 3.02. The number of benzene rings is 1. The van der Waals surface area contributed by atoms with E-state index in [0.717, 1.165) is 53.1 Å². The Morgan fingerprint density at radius 2 is 2.07 bits per heavy atom. The van der Waals surface area contributed by atoms with Crippen molar-refractivity contribution in [2.75, 3.05) is 11.1 Å². The van der Waals surface area contributed by atoms with Gasteiger partial charge in [0.1, 0.15) is 5.03 Å². The highest BCUT2D eigenvalue weighted by molar-refractivity contribution is 8.00. The number of hydrogen-bond donors (Lipinski definition) is 1. The molecular weight excluding hydrogens is 414 g/mol. The first-order valence-corrected chi connectivity index (χ1v) is 12.0. The minimum absolute atomic E-state index is 0.0823. The van der Waals surface area contributed by atoms with Crippen LogP contribution in [0.4, 0.5) is 5.69 Å². The number of nitrogens with zero attached hydrogens (tertiary/aromatic N) is 2. The smallest absolute Gasteiger partial charge is 0.325 e. The lowest BCUT2D eigenvalue weighted by molar-refractivity contribution is -0.113. The summed E-state index contributed by atoms with van der Waals surface area (Å²) in [6.45, 7) is 4.59. The zero-order valence-corrected chi connectivity index (χ0v) is 18.9. The van der Waals surface area contributed by atoms with Crippen molar-refractivity contribution in [3.05, 3.63) is 73.5 Å². The molecule has 1 amide bonds. The number of nitrogens with one attached hydrogen (secondary N) is 1. The van der Waals surface area contributed by atoms with Gasteiger partial charge in [-0.3, -0.25) is 9.36 Å². The topological polar surface area (TPSA) is 64.0 Å². The lowest BCUT2D eigenvalue weighted by Crippen LogP contribution is -2.30. The van der Waals surface area contributed by atoms with Gasteiger partial charge in [-0.15, -0.1) is 11.3 Å². The van der Waals surface area contributed by atoms with Gasteiger partial charge < -0.3 is 5.32 Å². The Bertz CT molecular complexity index is 1120. The minimum Gasteiger partial charge on any atom is -0.325 e. The van der Waals surface area contributed by atoms with Gasteiger partial charge in [0.15, 0.2) is 0 Å². The summed E-state index contributed by atoms with van der Waals surface area (Å²) in [6, 6.07) is 10.0. The second-order valence-electron chi connectivity index (χ2n) is 7.65. The quantitative estimate of drug-likeness (QED) is 0.451. The van der Waals surface area contributed by atoms with Gasteiger partial charge in [-0.05, 0) is 62.6 Å². The number of rotatable bonds is 6. The molecule has 0 saturated heterocycles. The highest BCUT2D eigenvalue weighted by atomic mass is 32.2. The summed E-state index contributed by atoms with van der Waals surface area (Å²) < 4.78 is 1.82. The van der Waals surface area contributed by atoms with E-state index >= 15 is 0 Å². The SMILES string of the molecule is Cc1ccc(NC(=O)CSc2nc(=O)n(Cc3cccs3)c3c2CCCC3)c(C)c1. The van der Waals surface area contributed by atoms with Crippen LogP contribution < -0.4 is 11.0 Å². The van der Waals surface area contributed by atoms with Gasteiger partial charge in [0.2, 0.25) is 5.91 Å². The predicted octanol–water partition coefficient (Wildman–Crippen LogP) is 4.58. The lowest BCUT2D eigenvalue weighted by Gasteiger charge is -2.22. The molecule has 1 aromatic carbocycles. The highest BCUT2D eigenvalue weighted by Crippen LogP contribution is 2.29. The van der Waals surface area contributed by atoms with Crippen molar-refractivity contribution in [3.8, 4) is 0 Å². The highest BCUT2D eigenvalue weighted by Gasteiger charge is 2.21. The van der Waals surface area contributed by atoms with Crippen molar-refractivity contribution in [1.82, 2.24) is 9.55 Å². The molecule has 1 N–H and O–H groups in total. The fraction of sp³-hybridized carbons (Fsp3) is 0.348. The molecule has 3 aromatic rings. The molecule has 0 radical (unpaired) electrons. The van der Waals surface area contributed by atoms with E-state index in [1.165, 1.54) is 17.3 Å². The molecule has 5 nitrogen and oxygen atoms in total. The number of thiophene rings is 1. The second kappa shape index (κ2) is 9.18. The van der Waals surface area contributed by atoms with Crippen LogP contribution in [-0.4, -0.2) is 21.2 Å². The molecule has 1 aliphatic rings. The maximum Gasteiger partial charge on any atom is 0.349 e. The van der Waals surface area contributed by atoms with Crippen LogP contribution in [0.1, 0.15) is 40.1 Å². The van der Waals surface area contributed by atoms with Crippen molar-refractivity contribution >= 4 is 34.7 Å². The number of thioether (sulfide) groups is 1. The molecule has 156 valence electrons. The Labute approximate surface area is 184 Å². The minimum atomic E-state index is -0.221. The monoisotopic (exact) mass is 439 g/mol. The molecular formula is C23H25N3O2S2. The van der Waals surface area contributed by atoms with Gasteiger partial charge in [0, 0.05) is 21.8 Å². The van der Waals surface area contributed by atoms with E-state index in [4.69, 9.17) is 0 Å². The molecule has 0 bridgehead atoms. The normalized spacial score (nSPS) is 13.1. The number of anilines is 1. The van der Waals surface area contributed by atoms with Crippen LogP contribution in [0.15, 0.2) is 45.5 Å². The van der Waals surface area contributed by atoms with E-state index in [-0.39, 0.29) is 17.3 Å². The van der Waals surface area contributed by atoms with Crippen LogP contribution in [0.5, 0.6) is 0 Å². The van der Waals surface area contributed by atoms with E-state index in [1.54, 1.807) is 11.3 Å². The molecule has 30 heavy (non-hydrogen) atoms. The number of fused-ring (bicyclic) bond motifs is 1. The van der Waals surface area contributed by atoms with E-state index < -0.39 is 0 Å². The third kappa shape index (κ3) is 4.68. The molecule has 2 aromatic heterocycles. The Kier molecular flexibility index (Phi) is 6.39. The second-order valence-corrected chi connectivity index (χ2v) is 9.65. The zero-order valence-electron chi connectivity index (χ0n) is 17.2. The number of hydrogen-bond acceptors (Lipinski definition) is 5. The third-order valence-corrected chi connectivity index (χ3v) is 7.22. The molecule has 0 unspecified atom stereocenters. The van der Waals surface area contributed by atoms with Crippen LogP contribution in [0, 0.1) is 13.8 Å². The molecule has 1 aliphatic carbocycles. The zero-order chi connectivity index (χ0) is 21.1. The first kappa shape index (κ1) is 20.9. The molecule has 2 heterocycles. The van der Waals surface area contributed by atoms with Crippen LogP contribution >= 0.6 is 23.1 Å². The van der Waals surface area contributed by atoms with E-state index in [2.05, 4.69) is 10.3 Å². The maximum absolute atomic E-state index is 12.8. The van der Waals surface area contributed by atoms with E-state index in [9.17, 15) is 9.59 Å². The van der Waals surface area contributed by atoms with Crippen molar-refractivity contribution in [2.24, 2.45) is 0 Å². The molecule has 7 heteroatoms. The van der Waals surface area contributed by atoms with E-state index in [1.807, 2.05) is 54.1 Å². The predicted molar refractivity (Wildman–Crippen MR) is 124 cm³/mol. The fourth-order valence-corrected chi connectivity index (χ4v) is 5.43. The molecule has 0 spiro atoms. The summed E-state index contributed by atoms with van der Waals surface area (Å²) in [4.78, 5) is 30.8. The molecule has 0 atom stereocenters. The standard InChI is InChI=1S/C23H25N3O2S2/c1-15-9-10-19(16(2)12-15)24-21(27)14-30-22-18-7-3-4-8-20(18)26(23(28)25-22)13-17-6-5-11-29-17/h5-6,9-12H,3-4,7-8,13-14H2,1-2H3,(H,24,27). The number of aryl methyl sites for hydroxylation is 2. The largest absolute Gasteiger partial charge is 0.349 e. The number of carbonyl (C=O) groups is 1. The third-order valence-electron chi connectivity index (χ3n) is 5.34. The van der Waals surface area contributed by atoms with E-state index in [0.29, 0.717) is 11.6 Å². The van der Waals surface area contributed by atoms with Gasteiger partial charge in [0.05, 0.1) is 12.3 Å². The average Bonchev–Trinajstić information content (AvgIpc) is 3.24. The number of aromatic nitrogens is 2. The van der Waals surface area contributed by atoms with Crippen molar-refractivity contribution < 1.29 is 4.79 Å². The average molecular weight is 440 g/mol. The Balaban J connectivity index is 1.52. The van der Waals surface area contributed by atoms with Gasteiger partial charge in [-0.25, -0.2) is 4.79 Å². The summed E-state index contributed by atoms with van der Waals surface area (Å²) in [7, 11) is 0. The van der Waals surface area contributed by atoms with Crippen LogP contribution in [0.3, 0.4) is 0 Å². The van der Waals surface area contributed by atoms with Crippen molar-refractivity contribution in [1.29, 1.82) is 0 Å². The lowest BCUT2D eigenvalue weighted by atomic mass is 9.97. The Hall–Kier alpha value is -2.38. The number of carbonyl (C=O) groups excluding carboxylic acids is 1. The van der Waals surface area contributed by atoms with Gasteiger partial charge >= 0.3 is 5.69 Å². The van der Waals surface area contributed by atoms with Crippen molar-refractivity contribution in [3.63, 3.8) is 0 Å². The first-order valence-electron chi connectivity index (χ1n) is 10.2. The summed E-state index contributed by atoms with van der Waals surface area (Å²) in [5.74, 6) is 0.155. The molecule has 0 saturated carbocycles. The van der Waals surface area contributed by atoms with Crippen LogP contribution in [0.2, 0.25) is 0 Å². The van der Waals surface area contributed by atoms with Crippen LogP contribution in [-0.2, 0) is 24.2 Å². The fourth-order valence-electron chi connectivity index (χ4n) is 3.86. The summed E-state index contributed by atoms with van der Waals surface area (Å²) in [5, 5.41) is 5.72. The molecule has 0 aliphatic heterocycles. The van der Waals surface area contributed by atoms with Gasteiger partial charge in [0.25, 0.3) is 0 Å². The number of amides is 1.